The second kappa shape index (κ2) is 5.00. The number of aldehydes is 1. The van der Waals surface area contributed by atoms with Gasteiger partial charge < -0.3 is 5.11 Å². The number of rotatable bonds is 4. The van der Waals surface area contributed by atoms with Crippen molar-refractivity contribution in [2.45, 2.75) is 5.60 Å². The summed E-state index contributed by atoms with van der Waals surface area (Å²) in [6.45, 7) is 0. The van der Waals surface area contributed by atoms with Gasteiger partial charge in [-0.05, 0) is 11.6 Å². The van der Waals surface area contributed by atoms with Gasteiger partial charge >= 0.3 is 0 Å². The second-order valence-corrected chi connectivity index (χ2v) is 3.83. The number of hydrogen-bond acceptors (Lipinski definition) is 4. The van der Waals surface area contributed by atoms with Gasteiger partial charge in [0.2, 0.25) is 5.60 Å². The standard InChI is InChI=1S/C14H12O4/c15-10-14(18-17,11-6-2-1-3-7-11)12-8-4-5-9-13(12)16/h1-10,16-17H. The van der Waals surface area contributed by atoms with Crippen molar-refractivity contribution in [3.63, 3.8) is 0 Å². The molecule has 0 amide bonds. The maximum atomic E-state index is 11.4. The third-order valence-electron chi connectivity index (χ3n) is 2.82. The SMILES string of the molecule is O=CC(OO)(c1ccccc1)c1ccccc1O. The summed E-state index contributed by atoms with van der Waals surface area (Å²) < 4.78 is 0. The Kier molecular flexibility index (Phi) is 3.41. The van der Waals surface area contributed by atoms with Crippen LogP contribution in [0, 0.1) is 0 Å². The molecule has 4 heteroatoms. The molecule has 0 fully saturated rings. The largest absolute Gasteiger partial charge is 0.508 e. The van der Waals surface area contributed by atoms with Crippen molar-refractivity contribution in [3.05, 3.63) is 65.7 Å². The van der Waals surface area contributed by atoms with Crippen LogP contribution in [-0.2, 0) is 15.3 Å². The van der Waals surface area contributed by atoms with Crippen molar-refractivity contribution in [2.24, 2.45) is 0 Å². The molecule has 0 spiro atoms. The van der Waals surface area contributed by atoms with Gasteiger partial charge in [-0.25, -0.2) is 4.89 Å². The fourth-order valence-corrected chi connectivity index (χ4v) is 1.88. The van der Waals surface area contributed by atoms with Gasteiger partial charge in [0.15, 0.2) is 6.29 Å². The van der Waals surface area contributed by atoms with Crippen LogP contribution in [0.5, 0.6) is 5.75 Å². The lowest BCUT2D eigenvalue weighted by atomic mass is 9.87. The highest BCUT2D eigenvalue weighted by Crippen LogP contribution is 2.36. The van der Waals surface area contributed by atoms with E-state index in [4.69, 9.17) is 5.26 Å². The molecule has 2 rings (SSSR count). The highest BCUT2D eigenvalue weighted by atomic mass is 17.1. The lowest BCUT2D eigenvalue weighted by Crippen LogP contribution is -2.32. The molecule has 0 bridgehead atoms. The zero-order valence-corrected chi connectivity index (χ0v) is 9.48. The Morgan fingerprint density at radius 1 is 1.00 bits per heavy atom. The molecule has 18 heavy (non-hydrogen) atoms. The quantitative estimate of drug-likeness (QED) is 0.492. The van der Waals surface area contributed by atoms with Crippen molar-refractivity contribution in [1.29, 1.82) is 0 Å². The van der Waals surface area contributed by atoms with E-state index in [-0.39, 0.29) is 11.3 Å². The fraction of sp³-hybridized carbons (Fsp3) is 0.0714. The molecule has 2 N–H and O–H groups in total. The Bertz CT molecular complexity index is 539. The average Bonchev–Trinajstić information content (AvgIpc) is 2.44. The van der Waals surface area contributed by atoms with E-state index in [2.05, 4.69) is 4.89 Å². The number of hydrogen-bond donors (Lipinski definition) is 2. The van der Waals surface area contributed by atoms with Gasteiger partial charge in [0.25, 0.3) is 0 Å². The minimum atomic E-state index is -1.72. The first kappa shape index (κ1) is 12.3. The number of para-hydroxylation sites is 1. The predicted octanol–water partition coefficient (Wildman–Crippen LogP) is 2.32. The smallest absolute Gasteiger partial charge is 0.211 e. The molecule has 0 aliphatic carbocycles. The molecular formula is C14H12O4. The first-order valence-corrected chi connectivity index (χ1v) is 5.37. The zero-order chi connectivity index (χ0) is 13.0. The molecular weight excluding hydrogens is 232 g/mol. The molecule has 0 aromatic heterocycles. The maximum absolute atomic E-state index is 11.4. The summed E-state index contributed by atoms with van der Waals surface area (Å²) in [5, 5.41) is 19.0. The topological polar surface area (TPSA) is 66.8 Å². The zero-order valence-electron chi connectivity index (χ0n) is 9.48. The summed E-state index contributed by atoms with van der Waals surface area (Å²) >= 11 is 0. The minimum Gasteiger partial charge on any atom is -0.508 e. The van der Waals surface area contributed by atoms with Crippen LogP contribution in [0.3, 0.4) is 0 Å². The second-order valence-electron chi connectivity index (χ2n) is 3.83. The van der Waals surface area contributed by atoms with Gasteiger partial charge in [-0.1, -0.05) is 48.5 Å². The maximum Gasteiger partial charge on any atom is 0.211 e. The van der Waals surface area contributed by atoms with Crippen LogP contribution in [-0.4, -0.2) is 16.6 Å². The van der Waals surface area contributed by atoms with E-state index >= 15 is 0 Å². The van der Waals surface area contributed by atoms with Crippen molar-refractivity contribution in [3.8, 4) is 5.75 Å². The van der Waals surface area contributed by atoms with E-state index in [9.17, 15) is 9.90 Å². The Morgan fingerprint density at radius 3 is 2.17 bits per heavy atom. The lowest BCUT2D eigenvalue weighted by Gasteiger charge is -2.25. The van der Waals surface area contributed by atoms with Crippen molar-refractivity contribution in [1.82, 2.24) is 0 Å². The number of phenolic OH excluding ortho intramolecular Hbond substituents is 1. The van der Waals surface area contributed by atoms with E-state index in [0.29, 0.717) is 11.8 Å². The molecule has 0 aliphatic rings. The third kappa shape index (κ3) is 1.88. The Balaban J connectivity index is 2.66. The summed E-state index contributed by atoms with van der Waals surface area (Å²) in [4.78, 5) is 15.8. The van der Waals surface area contributed by atoms with E-state index in [1.165, 1.54) is 12.1 Å². The summed E-state index contributed by atoms with van der Waals surface area (Å²) in [6, 6.07) is 14.7. The van der Waals surface area contributed by atoms with Crippen LogP contribution in [0.2, 0.25) is 0 Å². The Hall–Kier alpha value is -2.17. The molecule has 92 valence electrons. The predicted molar refractivity (Wildman–Crippen MR) is 65.1 cm³/mol. The van der Waals surface area contributed by atoms with Gasteiger partial charge in [-0.2, -0.15) is 0 Å². The molecule has 1 atom stereocenters. The Labute approximate surface area is 104 Å². The van der Waals surface area contributed by atoms with Gasteiger partial charge in [-0.3, -0.25) is 10.1 Å². The van der Waals surface area contributed by atoms with Gasteiger partial charge in [0.05, 0.1) is 0 Å². The van der Waals surface area contributed by atoms with Crippen LogP contribution in [0.15, 0.2) is 54.6 Å². The monoisotopic (exact) mass is 244 g/mol. The Morgan fingerprint density at radius 2 is 1.61 bits per heavy atom. The third-order valence-corrected chi connectivity index (χ3v) is 2.82. The van der Waals surface area contributed by atoms with Gasteiger partial charge in [0, 0.05) is 5.56 Å². The van der Waals surface area contributed by atoms with E-state index in [0.717, 1.165) is 0 Å². The molecule has 1 unspecified atom stereocenters. The van der Waals surface area contributed by atoms with E-state index in [1.807, 2.05) is 0 Å². The van der Waals surface area contributed by atoms with Crippen molar-refractivity contribution < 1.29 is 20.0 Å². The molecule has 0 heterocycles. The van der Waals surface area contributed by atoms with Crippen molar-refractivity contribution >= 4 is 6.29 Å². The normalized spacial score (nSPS) is 13.8. The number of carbonyl (C=O) groups excluding carboxylic acids is 1. The average molecular weight is 244 g/mol. The molecule has 0 saturated heterocycles. The molecule has 0 saturated carbocycles. The van der Waals surface area contributed by atoms with Gasteiger partial charge in [0.1, 0.15) is 5.75 Å². The van der Waals surface area contributed by atoms with Gasteiger partial charge in [-0.15, -0.1) is 0 Å². The summed E-state index contributed by atoms with van der Waals surface area (Å²) in [6.07, 6.45) is 0.456. The summed E-state index contributed by atoms with van der Waals surface area (Å²) in [7, 11) is 0. The van der Waals surface area contributed by atoms with Crippen LogP contribution in [0.4, 0.5) is 0 Å². The fourth-order valence-electron chi connectivity index (χ4n) is 1.88. The summed E-state index contributed by atoms with van der Waals surface area (Å²) in [5.74, 6) is -0.123. The number of benzene rings is 2. The first-order chi connectivity index (χ1) is 8.74. The van der Waals surface area contributed by atoms with Crippen LogP contribution in [0.25, 0.3) is 0 Å². The molecule has 4 nitrogen and oxygen atoms in total. The van der Waals surface area contributed by atoms with Crippen LogP contribution < -0.4 is 0 Å². The molecule has 2 aromatic rings. The number of phenols is 1. The highest BCUT2D eigenvalue weighted by Gasteiger charge is 2.38. The van der Waals surface area contributed by atoms with E-state index in [1.54, 1.807) is 42.5 Å². The lowest BCUT2D eigenvalue weighted by molar-refractivity contribution is -0.300. The highest BCUT2D eigenvalue weighted by molar-refractivity contribution is 5.74. The molecule has 2 aromatic carbocycles. The first-order valence-electron chi connectivity index (χ1n) is 5.37. The number of carbonyl (C=O) groups is 1. The molecule has 0 aliphatic heterocycles. The van der Waals surface area contributed by atoms with Crippen LogP contribution in [0.1, 0.15) is 11.1 Å². The van der Waals surface area contributed by atoms with E-state index < -0.39 is 5.60 Å². The van der Waals surface area contributed by atoms with Crippen LogP contribution >= 0.6 is 0 Å². The minimum absolute atomic E-state index is 0.123. The number of aromatic hydroxyl groups is 1. The van der Waals surface area contributed by atoms with Crippen molar-refractivity contribution in [2.75, 3.05) is 0 Å². The molecule has 0 radical (unpaired) electrons. The summed E-state index contributed by atoms with van der Waals surface area (Å²) in [5.41, 5.74) is -1.09.